The molecule has 0 atom stereocenters. The van der Waals surface area contributed by atoms with Gasteiger partial charge in [-0.25, -0.2) is 4.98 Å². The standard InChI is InChI=1S/C9H9N5O2/c1-6-2-8(14-5-11-12-13-14)10-4-7(6)3-9(15)16/h2,4-5H,3H2,1H3,(H,15,16)/p-1. The van der Waals surface area contributed by atoms with Crippen LogP contribution in [0.3, 0.4) is 0 Å². The second-order valence-corrected chi connectivity index (χ2v) is 3.27. The van der Waals surface area contributed by atoms with E-state index in [9.17, 15) is 9.90 Å². The van der Waals surface area contributed by atoms with Crippen LogP contribution in [-0.4, -0.2) is 31.2 Å². The third-order valence-electron chi connectivity index (χ3n) is 2.12. The van der Waals surface area contributed by atoms with Gasteiger partial charge in [-0.3, -0.25) is 0 Å². The van der Waals surface area contributed by atoms with Crippen molar-refractivity contribution in [3.8, 4) is 5.82 Å². The van der Waals surface area contributed by atoms with Crippen LogP contribution in [0.2, 0.25) is 0 Å². The number of aliphatic carboxylic acids is 1. The Morgan fingerprint density at radius 2 is 2.38 bits per heavy atom. The van der Waals surface area contributed by atoms with Crippen LogP contribution in [-0.2, 0) is 11.2 Å². The van der Waals surface area contributed by atoms with Crippen LogP contribution in [0.1, 0.15) is 11.1 Å². The van der Waals surface area contributed by atoms with E-state index in [1.165, 1.54) is 17.2 Å². The molecular weight excluding hydrogens is 210 g/mol. The van der Waals surface area contributed by atoms with Gasteiger partial charge >= 0.3 is 0 Å². The number of carbonyl (C=O) groups excluding carboxylic acids is 1. The molecule has 16 heavy (non-hydrogen) atoms. The number of carboxylic acids is 1. The molecule has 0 spiro atoms. The molecule has 82 valence electrons. The minimum atomic E-state index is -1.12. The zero-order valence-corrected chi connectivity index (χ0v) is 8.49. The zero-order chi connectivity index (χ0) is 11.5. The first-order valence-electron chi connectivity index (χ1n) is 4.55. The first kappa shape index (κ1) is 10.2. The summed E-state index contributed by atoms with van der Waals surface area (Å²) in [6.07, 6.45) is 2.76. The normalized spacial score (nSPS) is 10.3. The number of carbonyl (C=O) groups is 1. The van der Waals surface area contributed by atoms with E-state index in [2.05, 4.69) is 20.5 Å². The van der Waals surface area contributed by atoms with Gasteiger partial charge in [-0.15, -0.1) is 5.10 Å². The van der Waals surface area contributed by atoms with Gasteiger partial charge in [-0.05, 0) is 34.5 Å². The van der Waals surface area contributed by atoms with Crippen molar-refractivity contribution in [1.82, 2.24) is 25.2 Å². The van der Waals surface area contributed by atoms with Gasteiger partial charge in [0, 0.05) is 18.6 Å². The number of aryl methyl sites for hydroxylation is 1. The van der Waals surface area contributed by atoms with Crippen LogP contribution in [0.4, 0.5) is 0 Å². The van der Waals surface area contributed by atoms with Crippen LogP contribution in [0.25, 0.3) is 5.82 Å². The van der Waals surface area contributed by atoms with E-state index >= 15 is 0 Å². The molecule has 0 N–H and O–H groups in total. The summed E-state index contributed by atoms with van der Waals surface area (Å²) in [5, 5.41) is 21.1. The predicted molar refractivity (Wildman–Crippen MR) is 50.4 cm³/mol. The summed E-state index contributed by atoms with van der Waals surface area (Å²) in [6.45, 7) is 1.80. The lowest BCUT2D eigenvalue weighted by molar-refractivity contribution is -0.304. The van der Waals surface area contributed by atoms with Crippen LogP contribution in [0, 0.1) is 6.92 Å². The Kier molecular flexibility index (Phi) is 2.59. The number of aromatic nitrogens is 5. The van der Waals surface area contributed by atoms with E-state index in [-0.39, 0.29) is 6.42 Å². The molecule has 0 aromatic carbocycles. The van der Waals surface area contributed by atoms with Crippen molar-refractivity contribution in [2.75, 3.05) is 0 Å². The lowest BCUT2D eigenvalue weighted by Crippen LogP contribution is -2.24. The van der Waals surface area contributed by atoms with Gasteiger partial charge in [0.1, 0.15) is 6.33 Å². The van der Waals surface area contributed by atoms with Crippen molar-refractivity contribution < 1.29 is 9.90 Å². The van der Waals surface area contributed by atoms with Crippen molar-refractivity contribution >= 4 is 5.97 Å². The number of rotatable bonds is 3. The topological polar surface area (TPSA) is 96.6 Å². The van der Waals surface area contributed by atoms with Crippen molar-refractivity contribution in [2.45, 2.75) is 13.3 Å². The van der Waals surface area contributed by atoms with Gasteiger partial charge in [0.05, 0.1) is 0 Å². The smallest absolute Gasteiger partial charge is 0.157 e. The average molecular weight is 218 g/mol. The van der Waals surface area contributed by atoms with Gasteiger partial charge in [-0.1, -0.05) is 0 Å². The maximum atomic E-state index is 10.5. The molecule has 0 amide bonds. The highest BCUT2D eigenvalue weighted by Gasteiger charge is 2.04. The Balaban J connectivity index is 2.33. The second-order valence-electron chi connectivity index (χ2n) is 3.27. The van der Waals surface area contributed by atoms with Crippen molar-refractivity contribution in [3.63, 3.8) is 0 Å². The van der Waals surface area contributed by atoms with Gasteiger partial charge in [0.2, 0.25) is 0 Å². The molecule has 0 aliphatic heterocycles. The summed E-state index contributed by atoms with van der Waals surface area (Å²) in [5.41, 5.74) is 1.43. The summed E-state index contributed by atoms with van der Waals surface area (Å²) in [7, 11) is 0. The third kappa shape index (κ3) is 2.02. The molecule has 0 aliphatic rings. The molecule has 0 bridgehead atoms. The summed E-state index contributed by atoms with van der Waals surface area (Å²) < 4.78 is 1.40. The van der Waals surface area contributed by atoms with Crippen LogP contribution < -0.4 is 5.11 Å². The van der Waals surface area contributed by atoms with Gasteiger partial charge in [0.25, 0.3) is 0 Å². The SMILES string of the molecule is Cc1cc(-n2cnnn2)ncc1CC(=O)[O-]. The number of hydrogen-bond acceptors (Lipinski definition) is 6. The first-order valence-corrected chi connectivity index (χ1v) is 4.55. The van der Waals surface area contributed by atoms with Crippen molar-refractivity contribution in [3.05, 3.63) is 29.7 Å². The highest BCUT2D eigenvalue weighted by molar-refractivity contribution is 5.68. The summed E-state index contributed by atoms with van der Waals surface area (Å²) >= 11 is 0. The summed E-state index contributed by atoms with van der Waals surface area (Å²) in [5.74, 6) is -0.579. The van der Waals surface area contributed by atoms with Gasteiger partial charge < -0.3 is 9.90 Å². The largest absolute Gasteiger partial charge is 0.550 e. The Hall–Kier alpha value is -2.31. The van der Waals surface area contributed by atoms with E-state index in [1.54, 1.807) is 13.0 Å². The fourth-order valence-corrected chi connectivity index (χ4v) is 1.30. The molecular formula is C9H8N5O2-. The summed E-state index contributed by atoms with van der Waals surface area (Å²) in [4.78, 5) is 14.5. The Morgan fingerprint density at radius 1 is 1.56 bits per heavy atom. The van der Waals surface area contributed by atoms with E-state index < -0.39 is 5.97 Å². The molecule has 7 nitrogen and oxygen atoms in total. The number of tetrazole rings is 1. The van der Waals surface area contributed by atoms with Crippen LogP contribution in [0.5, 0.6) is 0 Å². The molecule has 2 heterocycles. The van der Waals surface area contributed by atoms with Crippen molar-refractivity contribution in [2.24, 2.45) is 0 Å². The van der Waals surface area contributed by atoms with Gasteiger partial charge in [-0.2, -0.15) is 4.68 Å². The molecule has 0 saturated carbocycles. The monoisotopic (exact) mass is 218 g/mol. The minimum absolute atomic E-state index is 0.144. The Labute approximate surface area is 90.7 Å². The first-order chi connectivity index (χ1) is 7.66. The highest BCUT2D eigenvalue weighted by Crippen LogP contribution is 2.10. The maximum Gasteiger partial charge on any atom is 0.157 e. The van der Waals surface area contributed by atoms with E-state index in [4.69, 9.17) is 0 Å². The molecule has 0 fully saturated rings. The fourth-order valence-electron chi connectivity index (χ4n) is 1.30. The predicted octanol–water partition coefficient (Wildman–Crippen LogP) is -1.34. The Bertz CT molecular complexity index is 509. The van der Waals surface area contributed by atoms with Crippen LogP contribution in [0.15, 0.2) is 18.6 Å². The average Bonchev–Trinajstić information content (AvgIpc) is 2.73. The van der Waals surface area contributed by atoms with E-state index in [0.29, 0.717) is 11.4 Å². The lowest BCUT2D eigenvalue weighted by Gasteiger charge is -2.07. The zero-order valence-electron chi connectivity index (χ0n) is 8.49. The second kappa shape index (κ2) is 4.05. The fraction of sp³-hybridized carbons (Fsp3) is 0.222. The number of pyridine rings is 1. The maximum absolute atomic E-state index is 10.5. The quantitative estimate of drug-likeness (QED) is 0.632. The molecule has 0 unspecified atom stereocenters. The number of nitrogens with zero attached hydrogens (tertiary/aromatic N) is 5. The molecule has 0 radical (unpaired) electrons. The third-order valence-corrected chi connectivity index (χ3v) is 2.12. The number of hydrogen-bond donors (Lipinski definition) is 0. The minimum Gasteiger partial charge on any atom is -0.550 e. The summed E-state index contributed by atoms with van der Waals surface area (Å²) in [6, 6.07) is 1.72. The molecule has 2 aromatic rings. The Morgan fingerprint density at radius 3 is 2.94 bits per heavy atom. The van der Waals surface area contributed by atoms with Gasteiger partial charge in [0.15, 0.2) is 5.82 Å². The molecule has 7 heteroatoms. The molecule has 2 aromatic heterocycles. The highest BCUT2D eigenvalue weighted by atomic mass is 16.4. The van der Waals surface area contributed by atoms with E-state index in [0.717, 1.165) is 5.56 Å². The van der Waals surface area contributed by atoms with Crippen LogP contribution >= 0.6 is 0 Å². The molecule has 2 rings (SSSR count). The van der Waals surface area contributed by atoms with E-state index in [1.807, 2.05) is 0 Å². The molecule has 0 aliphatic carbocycles. The van der Waals surface area contributed by atoms with Crippen molar-refractivity contribution in [1.29, 1.82) is 0 Å². The molecule has 0 saturated heterocycles. The number of carboxylic acid groups (broad SMARTS) is 1. The lowest BCUT2D eigenvalue weighted by atomic mass is 10.1.